The lowest BCUT2D eigenvalue weighted by Crippen LogP contribution is -2.28. The van der Waals surface area contributed by atoms with E-state index in [2.05, 4.69) is 5.32 Å². The molecule has 0 fully saturated rings. The topological polar surface area (TPSA) is 64.3 Å². The number of nitrogens with two attached hydrogens (primary N) is 1. The quantitative estimate of drug-likeness (QED) is 0.801. The van der Waals surface area contributed by atoms with E-state index in [1.54, 1.807) is 24.3 Å². The van der Waals surface area contributed by atoms with Gasteiger partial charge in [0.05, 0.1) is 0 Å². The lowest BCUT2D eigenvalue weighted by Gasteiger charge is -2.08. The number of carbonyl (C=O) groups is 1. The van der Waals surface area contributed by atoms with E-state index in [0.29, 0.717) is 22.8 Å². The lowest BCUT2D eigenvalue weighted by atomic mass is 10.2. The number of rotatable bonds is 6. The fourth-order valence-corrected chi connectivity index (χ4v) is 1.86. The molecule has 0 spiro atoms. The Morgan fingerprint density at radius 1 is 1.14 bits per heavy atom. The maximum atomic E-state index is 11.7. The normalized spacial score (nSPS) is 9.90. The molecule has 0 aliphatic carbocycles. The van der Waals surface area contributed by atoms with Gasteiger partial charge in [-0.2, -0.15) is 0 Å². The van der Waals surface area contributed by atoms with Crippen LogP contribution >= 0.6 is 12.2 Å². The highest BCUT2D eigenvalue weighted by Gasteiger charge is 2.04. The summed E-state index contributed by atoms with van der Waals surface area (Å²) in [6.07, 6.45) is 0. The summed E-state index contributed by atoms with van der Waals surface area (Å²) < 4.78 is 5.42. The monoisotopic (exact) mass is 300 g/mol. The second kappa shape index (κ2) is 7.40. The van der Waals surface area contributed by atoms with Gasteiger partial charge in [0.25, 0.3) is 5.91 Å². The zero-order valence-electron chi connectivity index (χ0n) is 11.4. The number of nitrogens with one attached hydrogen (secondary N) is 1. The lowest BCUT2D eigenvalue weighted by molar-refractivity contribution is -0.123. The van der Waals surface area contributed by atoms with E-state index in [1.165, 1.54) is 0 Å². The highest BCUT2D eigenvalue weighted by molar-refractivity contribution is 7.80. The fraction of sp³-hybridized carbons (Fsp3) is 0.125. The molecule has 2 aromatic carbocycles. The fourth-order valence-electron chi connectivity index (χ4n) is 1.74. The average molecular weight is 300 g/mol. The molecular weight excluding hydrogens is 284 g/mol. The van der Waals surface area contributed by atoms with Crippen LogP contribution in [0.15, 0.2) is 54.6 Å². The van der Waals surface area contributed by atoms with Crippen LogP contribution in [-0.4, -0.2) is 17.5 Å². The number of carbonyl (C=O) groups excluding carboxylic acids is 1. The summed E-state index contributed by atoms with van der Waals surface area (Å²) in [5, 5.41) is 2.79. The molecule has 2 aromatic rings. The molecule has 21 heavy (non-hydrogen) atoms. The third-order valence-electron chi connectivity index (χ3n) is 2.82. The molecule has 5 heteroatoms. The first-order chi connectivity index (χ1) is 10.1. The third kappa shape index (κ3) is 4.89. The van der Waals surface area contributed by atoms with Gasteiger partial charge in [-0.3, -0.25) is 4.79 Å². The average Bonchev–Trinajstić information content (AvgIpc) is 2.52. The Hall–Kier alpha value is -2.40. The minimum Gasteiger partial charge on any atom is -0.484 e. The Labute approximate surface area is 128 Å². The van der Waals surface area contributed by atoms with Crippen molar-refractivity contribution in [2.24, 2.45) is 5.73 Å². The van der Waals surface area contributed by atoms with Crippen LogP contribution in [0.5, 0.6) is 5.75 Å². The van der Waals surface area contributed by atoms with Crippen molar-refractivity contribution in [2.45, 2.75) is 6.54 Å². The number of thiocarbonyl (C=S) groups is 1. The molecule has 0 saturated carbocycles. The number of ether oxygens (including phenoxy) is 1. The van der Waals surface area contributed by atoms with E-state index in [0.717, 1.165) is 5.56 Å². The summed E-state index contributed by atoms with van der Waals surface area (Å²) >= 11 is 4.90. The van der Waals surface area contributed by atoms with Gasteiger partial charge in [0.1, 0.15) is 10.7 Å². The third-order valence-corrected chi connectivity index (χ3v) is 3.06. The van der Waals surface area contributed by atoms with Gasteiger partial charge in [-0.15, -0.1) is 0 Å². The van der Waals surface area contributed by atoms with Gasteiger partial charge in [0.15, 0.2) is 6.61 Å². The standard InChI is InChI=1S/C16H16N2O2S/c17-16(21)13-7-4-8-14(9-13)20-11-15(19)18-10-12-5-2-1-3-6-12/h1-9H,10-11H2,(H2,17,21)(H,18,19). The molecule has 0 aromatic heterocycles. The maximum Gasteiger partial charge on any atom is 0.258 e. The van der Waals surface area contributed by atoms with Gasteiger partial charge in [-0.25, -0.2) is 0 Å². The molecule has 0 radical (unpaired) electrons. The van der Waals surface area contributed by atoms with Crippen molar-refractivity contribution >= 4 is 23.1 Å². The Morgan fingerprint density at radius 2 is 1.90 bits per heavy atom. The molecule has 0 atom stereocenters. The number of hydrogen-bond donors (Lipinski definition) is 2. The van der Waals surface area contributed by atoms with Gasteiger partial charge in [-0.05, 0) is 17.7 Å². The highest BCUT2D eigenvalue weighted by atomic mass is 32.1. The minimum atomic E-state index is -0.181. The van der Waals surface area contributed by atoms with Crippen molar-refractivity contribution in [1.82, 2.24) is 5.32 Å². The molecule has 0 saturated heterocycles. The molecule has 0 unspecified atom stereocenters. The predicted molar refractivity (Wildman–Crippen MR) is 86.1 cm³/mol. The van der Waals surface area contributed by atoms with Crippen LogP contribution in [0.3, 0.4) is 0 Å². The highest BCUT2D eigenvalue weighted by Crippen LogP contribution is 2.13. The predicted octanol–water partition coefficient (Wildman–Crippen LogP) is 2.02. The van der Waals surface area contributed by atoms with Crippen LogP contribution in [0.1, 0.15) is 11.1 Å². The largest absolute Gasteiger partial charge is 0.484 e. The van der Waals surface area contributed by atoms with Gasteiger partial charge in [-0.1, -0.05) is 54.7 Å². The molecule has 3 N–H and O–H groups in total. The summed E-state index contributed by atoms with van der Waals surface area (Å²) in [6.45, 7) is 0.434. The molecule has 1 amide bonds. The molecular formula is C16H16N2O2S. The summed E-state index contributed by atoms with van der Waals surface area (Å²) in [5.74, 6) is 0.384. The molecule has 0 heterocycles. The van der Waals surface area contributed by atoms with Crippen molar-refractivity contribution < 1.29 is 9.53 Å². The Morgan fingerprint density at radius 3 is 2.62 bits per heavy atom. The second-order valence-electron chi connectivity index (χ2n) is 4.44. The summed E-state index contributed by atoms with van der Waals surface area (Å²) in [6, 6.07) is 16.7. The summed E-state index contributed by atoms with van der Waals surface area (Å²) in [7, 11) is 0. The number of benzene rings is 2. The van der Waals surface area contributed by atoms with Crippen LogP contribution in [0.4, 0.5) is 0 Å². The van der Waals surface area contributed by atoms with E-state index in [9.17, 15) is 4.79 Å². The van der Waals surface area contributed by atoms with E-state index >= 15 is 0 Å². The molecule has 4 nitrogen and oxygen atoms in total. The smallest absolute Gasteiger partial charge is 0.258 e. The Bertz CT molecular complexity index is 629. The first-order valence-corrected chi connectivity index (χ1v) is 6.89. The van der Waals surface area contributed by atoms with Crippen LogP contribution < -0.4 is 15.8 Å². The first-order valence-electron chi connectivity index (χ1n) is 6.48. The second-order valence-corrected chi connectivity index (χ2v) is 4.88. The van der Waals surface area contributed by atoms with Gasteiger partial charge in [0.2, 0.25) is 0 Å². The molecule has 2 rings (SSSR count). The van der Waals surface area contributed by atoms with Crippen molar-refractivity contribution in [2.75, 3.05) is 6.61 Å². The summed E-state index contributed by atoms with van der Waals surface area (Å²) in [4.78, 5) is 12.0. The van der Waals surface area contributed by atoms with Crippen molar-refractivity contribution in [1.29, 1.82) is 0 Å². The van der Waals surface area contributed by atoms with E-state index < -0.39 is 0 Å². The first kappa shape index (κ1) is 15.0. The maximum absolute atomic E-state index is 11.7. The van der Waals surface area contributed by atoms with Crippen molar-refractivity contribution in [3.05, 3.63) is 65.7 Å². The van der Waals surface area contributed by atoms with Gasteiger partial charge < -0.3 is 15.8 Å². The molecule has 0 aliphatic rings. The van der Waals surface area contributed by atoms with Crippen LogP contribution in [-0.2, 0) is 11.3 Å². The Balaban J connectivity index is 1.81. The van der Waals surface area contributed by atoms with E-state index in [1.807, 2.05) is 30.3 Å². The van der Waals surface area contributed by atoms with Crippen LogP contribution in [0, 0.1) is 0 Å². The SMILES string of the molecule is NC(=S)c1cccc(OCC(=O)NCc2ccccc2)c1. The molecule has 0 bridgehead atoms. The zero-order chi connectivity index (χ0) is 15.1. The van der Waals surface area contributed by atoms with Crippen LogP contribution in [0.2, 0.25) is 0 Å². The van der Waals surface area contributed by atoms with Crippen LogP contribution in [0.25, 0.3) is 0 Å². The number of hydrogen-bond acceptors (Lipinski definition) is 3. The van der Waals surface area contributed by atoms with Gasteiger partial charge in [0, 0.05) is 12.1 Å². The Kier molecular flexibility index (Phi) is 5.29. The minimum absolute atomic E-state index is 0.0480. The van der Waals surface area contributed by atoms with Crippen molar-refractivity contribution in [3.8, 4) is 5.75 Å². The zero-order valence-corrected chi connectivity index (χ0v) is 12.2. The summed E-state index contributed by atoms with van der Waals surface area (Å²) in [5.41, 5.74) is 7.31. The van der Waals surface area contributed by atoms with Gasteiger partial charge >= 0.3 is 0 Å². The molecule has 0 aliphatic heterocycles. The van der Waals surface area contributed by atoms with E-state index in [4.69, 9.17) is 22.7 Å². The number of amides is 1. The van der Waals surface area contributed by atoms with Crippen molar-refractivity contribution in [3.63, 3.8) is 0 Å². The van der Waals surface area contributed by atoms with E-state index in [-0.39, 0.29) is 12.5 Å². The molecule has 108 valence electrons.